The van der Waals surface area contributed by atoms with Crippen molar-refractivity contribution in [3.05, 3.63) is 80.8 Å². The number of hydrogen-bond donors (Lipinski definition) is 1. The molecule has 31 heavy (non-hydrogen) atoms. The Labute approximate surface area is 183 Å². The van der Waals surface area contributed by atoms with E-state index in [1.165, 1.54) is 24.3 Å². The summed E-state index contributed by atoms with van der Waals surface area (Å²) in [5, 5.41) is 25.4. The molecule has 0 fully saturated rings. The first kappa shape index (κ1) is 20.4. The minimum absolute atomic E-state index is 0.0483. The van der Waals surface area contributed by atoms with Gasteiger partial charge >= 0.3 is 5.97 Å². The van der Waals surface area contributed by atoms with Crippen LogP contribution >= 0.6 is 15.9 Å². The van der Waals surface area contributed by atoms with Gasteiger partial charge in [-0.15, -0.1) is 10.2 Å². The zero-order chi connectivity index (χ0) is 22.0. The molecule has 0 aliphatic rings. The normalized spacial score (nSPS) is 11.8. The molecular formula is C20H14BrN5O5. The number of benzene rings is 2. The van der Waals surface area contributed by atoms with E-state index in [1.54, 1.807) is 13.0 Å². The second-order valence-corrected chi connectivity index (χ2v) is 7.39. The highest BCUT2D eigenvalue weighted by atomic mass is 79.9. The number of ether oxygens (including phenoxy) is 1. The molecule has 0 amide bonds. The number of halogens is 1. The Kier molecular flexibility index (Phi) is 5.58. The van der Waals surface area contributed by atoms with Crippen molar-refractivity contribution in [2.24, 2.45) is 0 Å². The van der Waals surface area contributed by atoms with Crippen LogP contribution < -0.4 is 0 Å². The first-order valence-corrected chi connectivity index (χ1v) is 9.80. The SMILES string of the molecule is C[C@H](OC(=O)c1cc(-c2ccc(Br)cc2)n[nH]1)c1nnc(-c2ccc([N+](=O)[O-])cc2)o1. The molecule has 1 N–H and O–H groups in total. The number of hydrogen-bond acceptors (Lipinski definition) is 8. The molecule has 0 saturated heterocycles. The fraction of sp³-hybridized carbons (Fsp3) is 0.100. The van der Waals surface area contributed by atoms with Crippen molar-refractivity contribution >= 4 is 27.6 Å². The van der Waals surface area contributed by atoms with E-state index in [1.807, 2.05) is 24.3 Å². The largest absolute Gasteiger partial charge is 0.448 e. The highest BCUT2D eigenvalue weighted by Crippen LogP contribution is 2.25. The van der Waals surface area contributed by atoms with E-state index in [0.29, 0.717) is 11.3 Å². The van der Waals surface area contributed by atoms with E-state index < -0.39 is 17.0 Å². The van der Waals surface area contributed by atoms with Crippen molar-refractivity contribution in [2.75, 3.05) is 0 Å². The van der Waals surface area contributed by atoms with Crippen LogP contribution in [0.15, 0.2) is 63.5 Å². The number of nitro groups is 1. The molecule has 1 atom stereocenters. The minimum Gasteiger partial charge on any atom is -0.448 e. The molecule has 2 aromatic carbocycles. The van der Waals surface area contributed by atoms with Gasteiger partial charge < -0.3 is 9.15 Å². The van der Waals surface area contributed by atoms with Crippen LogP contribution in [0, 0.1) is 10.1 Å². The Bertz CT molecular complexity index is 1230. The minimum atomic E-state index is -0.814. The summed E-state index contributed by atoms with van der Waals surface area (Å²) in [5.74, 6) is -0.375. The van der Waals surface area contributed by atoms with E-state index in [0.717, 1.165) is 10.0 Å². The molecule has 4 aromatic rings. The maximum atomic E-state index is 12.5. The maximum Gasteiger partial charge on any atom is 0.357 e. The van der Waals surface area contributed by atoms with Gasteiger partial charge in [0.25, 0.3) is 11.6 Å². The second-order valence-electron chi connectivity index (χ2n) is 6.47. The number of rotatable bonds is 6. The number of esters is 1. The van der Waals surface area contributed by atoms with Crippen molar-refractivity contribution < 1.29 is 18.9 Å². The summed E-state index contributed by atoms with van der Waals surface area (Å²) in [5.41, 5.74) is 2.09. The molecule has 2 aromatic heterocycles. The zero-order valence-electron chi connectivity index (χ0n) is 16.0. The second kappa shape index (κ2) is 8.48. The van der Waals surface area contributed by atoms with E-state index in [4.69, 9.17) is 9.15 Å². The van der Waals surface area contributed by atoms with Gasteiger partial charge in [0.05, 0.1) is 10.6 Å². The van der Waals surface area contributed by atoms with Crippen LogP contribution in [0.1, 0.15) is 29.4 Å². The van der Waals surface area contributed by atoms with Gasteiger partial charge in [-0.3, -0.25) is 15.2 Å². The van der Waals surface area contributed by atoms with E-state index in [-0.39, 0.29) is 23.2 Å². The Hall–Kier alpha value is -3.86. The average Bonchev–Trinajstić information content (AvgIpc) is 3.45. The lowest BCUT2D eigenvalue weighted by molar-refractivity contribution is -0.384. The molecule has 0 bridgehead atoms. The van der Waals surface area contributed by atoms with E-state index in [2.05, 4.69) is 36.3 Å². The third-order valence-corrected chi connectivity index (χ3v) is 4.86. The fourth-order valence-electron chi connectivity index (χ4n) is 2.71. The van der Waals surface area contributed by atoms with Gasteiger partial charge in [-0.05, 0) is 37.3 Å². The number of aromatic amines is 1. The molecule has 0 radical (unpaired) electrons. The van der Waals surface area contributed by atoms with Crippen molar-refractivity contribution in [3.8, 4) is 22.7 Å². The zero-order valence-corrected chi connectivity index (χ0v) is 17.6. The summed E-state index contributed by atoms with van der Waals surface area (Å²) in [6.45, 7) is 1.59. The van der Waals surface area contributed by atoms with Crippen molar-refractivity contribution in [1.82, 2.24) is 20.4 Å². The highest BCUT2D eigenvalue weighted by Gasteiger charge is 2.21. The van der Waals surface area contributed by atoms with Gasteiger partial charge in [0.1, 0.15) is 5.69 Å². The molecule has 11 heteroatoms. The van der Waals surface area contributed by atoms with Gasteiger partial charge in [0, 0.05) is 27.7 Å². The lowest BCUT2D eigenvalue weighted by Gasteiger charge is -2.07. The quantitative estimate of drug-likeness (QED) is 0.236. The third-order valence-electron chi connectivity index (χ3n) is 4.34. The van der Waals surface area contributed by atoms with Crippen LogP contribution in [0.25, 0.3) is 22.7 Å². The van der Waals surface area contributed by atoms with Gasteiger partial charge in [-0.2, -0.15) is 5.10 Å². The van der Waals surface area contributed by atoms with E-state index >= 15 is 0 Å². The molecule has 0 aliphatic heterocycles. The van der Waals surface area contributed by atoms with Crippen LogP contribution in [-0.2, 0) is 4.74 Å². The lowest BCUT2D eigenvalue weighted by Crippen LogP contribution is -2.10. The maximum absolute atomic E-state index is 12.5. The molecule has 10 nitrogen and oxygen atoms in total. The standard InChI is InChI=1S/C20H14BrN5O5/c1-11(18-24-25-19(31-18)13-4-8-15(9-5-13)26(28)29)30-20(27)17-10-16(22-23-17)12-2-6-14(21)7-3-12/h2-11H,1H3,(H,22,23)/t11-/m0/s1. The molecular weight excluding hydrogens is 470 g/mol. The van der Waals surface area contributed by atoms with Crippen molar-refractivity contribution in [1.29, 1.82) is 0 Å². The smallest absolute Gasteiger partial charge is 0.357 e. The van der Waals surface area contributed by atoms with Crippen LogP contribution in [0.3, 0.4) is 0 Å². The summed E-state index contributed by atoms with van der Waals surface area (Å²) in [7, 11) is 0. The molecule has 2 heterocycles. The van der Waals surface area contributed by atoms with Gasteiger partial charge in [0.2, 0.25) is 5.89 Å². The summed E-state index contributed by atoms with van der Waals surface area (Å²) in [4.78, 5) is 22.7. The number of carbonyl (C=O) groups is 1. The first-order chi connectivity index (χ1) is 14.9. The number of nitro benzene ring substituents is 1. The Morgan fingerprint density at radius 2 is 1.81 bits per heavy atom. The molecule has 0 saturated carbocycles. The number of aromatic nitrogens is 4. The highest BCUT2D eigenvalue weighted by molar-refractivity contribution is 9.10. The Morgan fingerprint density at radius 1 is 1.13 bits per heavy atom. The third kappa shape index (κ3) is 4.51. The van der Waals surface area contributed by atoms with Crippen LogP contribution in [-0.4, -0.2) is 31.3 Å². The number of nitrogens with one attached hydrogen (secondary N) is 1. The molecule has 0 unspecified atom stereocenters. The Morgan fingerprint density at radius 3 is 2.48 bits per heavy atom. The van der Waals surface area contributed by atoms with Crippen LogP contribution in [0.4, 0.5) is 5.69 Å². The molecule has 4 rings (SSSR count). The number of carbonyl (C=O) groups excluding carboxylic acids is 1. The summed E-state index contributed by atoms with van der Waals surface area (Å²) in [6.07, 6.45) is -0.814. The van der Waals surface area contributed by atoms with E-state index in [9.17, 15) is 14.9 Å². The summed E-state index contributed by atoms with van der Waals surface area (Å²) in [6, 6.07) is 14.8. The molecule has 156 valence electrons. The fourth-order valence-corrected chi connectivity index (χ4v) is 2.97. The number of nitrogens with zero attached hydrogens (tertiary/aromatic N) is 4. The predicted molar refractivity (Wildman–Crippen MR) is 112 cm³/mol. The van der Waals surface area contributed by atoms with Gasteiger partial charge in [-0.1, -0.05) is 28.1 Å². The number of H-pyrrole nitrogens is 1. The summed E-state index contributed by atoms with van der Waals surface area (Å²) >= 11 is 3.37. The van der Waals surface area contributed by atoms with Crippen molar-refractivity contribution in [3.63, 3.8) is 0 Å². The van der Waals surface area contributed by atoms with Gasteiger partial charge in [0.15, 0.2) is 6.10 Å². The topological polar surface area (TPSA) is 137 Å². The predicted octanol–water partition coefficient (Wildman–Crippen LogP) is 4.72. The monoisotopic (exact) mass is 483 g/mol. The van der Waals surface area contributed by atoms with Gasteiger partial charge in [-0.25, -0.2) is 4.79 Å². The Balaban J connectivity index is 1.44. The summed E-state index contributed by atoms with van der Waals surface area (Å²) < 4.78 is 11.9. The lowest BCUT2D eigenvalue weighted by atomic mass is 10.1. The molecule has 0 spiro atoms. The average molecular weight is 484 g/mol. The first-order valence-electron chi connectivity index (χ1n) is 9.01. The number of non-ortho nitro benzene ring substituents is 1. The van der Waals surface area contributed by atoms with Crippen LogP contribution in [0.2, 0.25) is 0 Å². The molecule has 0 aliphatic carbocycles. The van der Waals surface area contributed by atoms with Crippen molar-refractivity contribution in [2.45, 2.75) is 13.0 Å². The van der Waals surface area contributed by atoms with Crippen LogP contribution in [0.5, 0.6) is 0 Å².